The van der Waals surface area contributed by atoms with Crippen molar-refractivity contribution in [1.82, 2.24) is 29.1 Å². The zero-order valence-corrected chi connectivity index (χ0v) is 19.4. The van der Waals surface area contributed by atoms with Gasteiger partial charge < -0.3 is 19.9 Å². The van der Waals surface area contributed by atoms with Gasteiger partial charge in [0.25, 0.3) is 5.91 Å². The number of aliphatic hydroxyl groups excluding tert-OH is 1. The predicted molar refractivity (Wildman–Crippen MR) is 115 cm³/mol. The maximum absolute atomic E-state index is 15.0. The van der Waals surface area contributed by atoms with Gasteiger partial charge in [-0.15, -0.1) is 5.10 Å². The number of nitrogens with one attached hydrogen (secondary N) is 1. The van der Waals surface area contributed by atoms with E-state index in [1.54, 1.807) is 6.92 Å². The minimum atomic E-state index is -4.84. The first kappa shape index (κ1) is 26.8. The third kappa shape index (κ3) is 5.71. The highest BCUT2D eigenvalue weighted by molar-refractivity contribution is 6.05. The van der Waals surface area contributed by atoms with Gasteiger partial charge in [-0.2, -0.15) is 27.9 Å². The summed E-state index contributed by atoms with van der Waals surface area (Å²) in [5.74, 6) is -4.09. The number of hydrogen-bond donors (Lipinski definition) is 2. The van der Waals surface area contributed by atoms with Crippen LogP contribution in [0.15, 0.2) is 23.3 Å². The molecule has 3 aromatic rings. The number of aromatic nitrogens is 6. The highest BCUT2D eigenvalue weighted by atomic mass is 19.4. The summed E-state index contributed by atoms with van der Waals surface area (Å²) in [5.41, 5.74) is -1.40. The Hall–Kier alpha value is -3.79. The van der Waals surface area contributed by atoms with Crippen LogP contribution in [0.2, 0.25) is 0 Å². The molecule has 1 amide bonds. The van der Waals surface area contributed by atoms with Crippen LogP contribution >= 0.6 is 0 Å². The smallest absolute Gasteiger partial charge is 0.425 e. The number of carbonyl (C=O) groups excluding carboxylic acids is 1. The van der Waals surface area contributed by atoms with E-state index in [4.69, 9.17) is 9.47 Å². The summed E-state index contributed by atoms with van der Waals surface area (Å²) in [6, 6.07) is 0.585. The summed E-state index contributed by atoms with van der Waals surface area (Å²) in [4.78, 5) is 29.1. The lowest BCUT2D eigenvalue weighted by Crippen LogP contribution is -2.33. The molecule has 0 aromatic carbocycles. The molecule has 3 rings (SSSR count). The summed E-state index contributed by atoms with van der Waals surface area (Å²) >= 11 is 0. The van der Waals surface area contributed by atoms with E-state index in [0.717, 1.165) is 4.57 Å². The Kier molecular flexibility index (Phi) is 8.09. The first-order valence-electron chi connectivity index (χ1n) is 10.6. The summed E-state index contributed by atoms with van der Waals surface area (Å²) in [6.45, 7) is 2.36. The quantitative estimate of drug-likeness (QED) is 0.386. The van der Waals surface area contributed by atoms with E-state index in [-0.39, 0.29) is 18.1 Å². The summed E-state index contributed by atoms with van der Waals surface area (Å²) in [6.07, 6.45) is -4.55. The second-order valence-corrected chi connectivity index (χ2v) is 7.40. The zero-order valence-electron chi connectivity index (χ0n) is 19.4. The Labute approximate surface area is 201 Å². The highest BCUT2D eigenvalue weighted by Crippen LogP contribution is 2.28. The van der Waals surface area contributed by atoms with Crippen molar-refractivity contribution in [1.29, 1.82) is 0 Å². The molecule has 3 heterocycles. The fraction of sp³-hybridized carbons (Fsp3) is 0.450. The lowest BCUT2D eigenvalue weighted by atomic mass is 10.2. The number of aliphatic hydroxyl groups is 1. The number of ether oxygens (including phenoxy) is 2. The number of alkyl halides is 3. The number of rotatable bonds is 10. The minimum absolute atomic E-state index is 0.0728. The number of methoxy groups -OCH3 is 1. The van der Waals surface area contributed by atoms with Gasteiger partial charge in [-0.1, -0.05) is 0 Å². The number of anilines is 1. The van der Waals surface area contributed by atoms with E-state index in [0.29, 0.717) is 30.8 Å². The van der Waals surface area contributed by atoms with Crippen molar-refractivity contribution in [2.75, 3.05) is 19.0 Å². The van der Waals surface area contributed by atoms with Crippen molar-refractivity contribution in [3.8, 4) is 11.7 Å². The average molecular weight is 517 g/mol. The average Bonchev–Trinajstić information content (AvgIpc) is 3.40. The van der Waals surface area contributed by atoms with E-state index in [2.05, 4.69) is 20.5 Å². The Morgan fingerprint density at radius 3 is 2.64 bits per heavy atom. The van der Waals surface area contributed by atoms with Crippen molar-refractivity contribution in [3.63, 3.8) is 0 Å². The number of amides is 1. The van der Waals surface area contributed by atoms with Gasteiger partial charge in [0.05, 0.1) is 25.0 Å². The molecule has 36 heavy (non-hydrogen) atoms. The van der Waals surface area contributed by atoms with Crippen LogP contribution in [0.4, 0.5) is 23.2 Å². The van der Waals surface area contributed by atoms with Crippen molar-refractivity contribution < 1.29 is 36.9 Å². The van der Waals surface area contributed by atoms with Crippen molar-refractivity contribution in [2.45, 2.75) is 45.8 Å². The Morgan fingerprint density at radius 1 is 1.33 bits per heavy atom. The molecule has 0 saturated heterocycles. The van der Waals surface area contributed by atoms with Gasteiger partial charge in [0, 0.05) is 19.9 Å². The standard InChI is InChI=1S/C20H23F4N7O5/c1-4-30-15(10-32)28-31(19(30)34)16-14(21)7-13(18(27-16)36-11(2)20(22,23)24)17(33)26-12-8-25-29(9-12)5-6-35-3/h7-9,11,32H,4-6,10H2,1-3H3,(H,26,33). The summed E-state index contributed by atoms with van der Waals surface area (Å²) in [7, 11) is 1.49. The molecule has 0 spiro atoms. The van der Waals surface area contributed by atoms with Gasteiger partial charge in [0.15, 0.2) is 23.6 Å². The van der Waals surface area contributed by atoms with E-state index in [1.165, 1.54) is 24.2 Å². The van der Waals surface area contributed by atoms with Crippen molar-refractivity contribution in [2.24, 2.45) is 0 Å². The molecule has 3 aromatic heterocycles. The number of nitrogens with zero attached hydrogens (tertiary/aromatic N) is 6. The monoisotopic (exact) mass is 517 g/mol. The molecule has 0 aliphatic rings. The summed E-state index contributed by atoms with van der Waals surface area (Å²) in [5, 5.41) is 19.6. The number of carbonyl (C=O) groups is 1. The van der Waals surface area contributed by atoms with Crippen LogP contribution in [-0.2, 0) is 24.4 Å². The number of pyridine rings is 1. The van der Waals surface area contributed by atoms with Gasteiger partial charge in [-0.05, 0) is 19.9 Å². The Balaban J connectivity index is 2.04. The number of halogens is 4. The maximum atomic E-state index is 15.0. The van der Waals surface area contributed by atoms with Gasteiger partial charge in [0.2, 0.25) is 5.88 Å². The van der Waals surface area contributed by atoms with Crippen LogP contribution in [0.5, 0.6) is 5.88 Å². The molecule has 0 bridgehead atoms. The molecule has 0 aliphatic carbocycles. The zero-order chi connectivity index (χ0) is 26.6. The lowest BCUT2D eigenvalue weighted by molar-refractivity contribution is -0.190. The normalized spacial score (nSPS) is 12.6. The van der Waals surface area contributed by atoms with Crippen LogP contribution in [0.25, 0.3) is 5.82 Å². The second kappa shape index (κ2) is 10.9. The molecular formula is C20H23F4N7O5. The van der Waals surface area contributed by atoms with Gasteiger partial charge in [-0.3, -0.25) is 14.0 Å². The molecule has 0 aliphatic heterocycles. The largest absolute Gasteiger partial charge is 0.464 e. The van der Waals surface area contributed by atoms with Crippen LogP contribution < -0.4 is 15.7 Å². The van der Waals surface area contributed by atoms with E-state index in [9.17, 15) is 27.9 Å². The van der Waals surface area contributed by atoms with Gasteiger partial charge in [-0.25, -0.2) is 9.18 Å². The SMILES string of the molecule is CCn1c(CO)nn(-c2nc(OC(C)C(F)(F)F)c(C(=O)Nc3cnn(CCOC)c3)cc2F)c1=O. The van der Waals surface area contributed by atoms with Crippen molar-refractivity contribution >= 4 is 11.6 Å². The first-order chi connectivity index (χ1) is 17.0. The van der Waals surface area contributed by atoms with Crippen LogP contribution in [0.1, 0.15) is 30.0 Å². The molecule has 1 atom stereocenters. The molecule has 0 saturated carbocycles. The molecule has 16 heteroatoms. The van der Waals surface area contributed by atoms with Gasteiger partial charge >= 0.3 is 11.9 Å². The Morgan fingerprint density at radius 2 is 2.06 bits per heavy atom. The third-order valence-corrected chi connectivity index (χ3v) is 4.93. The fourth-order valence-electron chi connectivity index (χ4n) is 3.04. The topological polar surface area (TPSA) is 138 Å². The molecule has 0 fully saturated rings. The van der Waals surface area contributed by atoms with Gasteiger partial charge in [0.1, 0.15) is 12.2 Å². The number of hydrogen-bond acceptors (Lipinski definition) is 8. The minimum Gasteiger partial charge on any atom is -0.464 e. The second-order valence-electron chi connectivity index (χ2n) is 7.40. The van der Waals surface area contributed by atoms with Crippen LogP contribution in [0, 0.1) is 5.82 Å². The maximum Gasteiger partial charge on any atom is 0.425 e. The van der Waals surface area contributed by atoms with E-state index in [1.807, 2.05) is 0 Å². The van der Waals surface area contributed by atoms with Crippen LogP contribution in [-0.4, -0.2) is 66.1 Å². The molecule has 196 valence electrons. The lowest BCUT2D eigenvalue weighted by Gasteiger charge is -2.19. The molecule has 0 radical (unpaired) electrons. The molecular weight excluding hydrogens is 494 g/mol. The van der Waals surface area contributed by atoms with E-state index < -0.39 is 53.6 Å². The van der Waals surface area contributed by atoms with Crippen molar-refractivity contribution in [3.05, 3.63) is 46.1 Å². The van der Waals surface area contributed by atoms with Crippen LogP contribution in [0.3, 0.4) is 0 Å². The third-order valence-electron chi connectivity index (χ3n) is 4.93. The van der Waals surface area contributed by atoms with E-state index >= 15 is 4.39 Å². The highest BCUT2D eigenvalue weighted by Gasteiger charge is 2.39. The molecule has 1 unspecified atom stereocenters. The molecule has 12 nitrogen and oxygen atoms in total. The molecule has 2 N–H and O–H groups in total. The predicted octanol–water partition coefficient (Wildman–Crippen LogP) is 1.51. The summed E-state index contributed by atoms with van der Waals surface area (Å²) < 4.78 is 67.3. The fourth-order valence-corrected chi connectivity index (χ4v) is 3.04. The first-order valence-corrected chi connectivity index (χ1v) is 10.6. The Bertz CT molecular complexity index is 1280.